The molecule has 1 fully saturated rings. The van der Waals surface area contributed by atoms with Crippen LogP contribution in [0.3, 0.4) is 0 Å². The molecule has 1 aromatic heterocycles. The third-order valence-electron chi connectivity index (χ3n) is 7.30. The molecule has 4 nitrogen and oxygen atoms in total. The van der Waals surface area contributed by atoms with Crippen LogP contribution in [0.1, 0.15) is 52.9 Å². The Morgan fingerprint density at radius 2 is 1.74 bits per heavy atom. The number of hydrogen-bond acceptors (Lipinski definition) is 3. The second kappa shape index (κ2) is 7.50. The smallest absolute Gasteiger partial charge is 0.407 e. The lowest BCUT2D eigenvalue weighted by Gasteiger charge is -2.35. The molecule has 3 atom stereocenters. The Morgan fingerprint density at radius 1 is 1.03 bits per heavy atom. The highest BCUT2D eigenvalue weighted by atomic mass is 32.1. The Kier molecular flexibility index (Phi) is 4.62. The molecule has 1 N–H and O–H groups in total. The fraction of sp³-hybridized carbons (Fsp3) is 0.346. The third kappa shape index (κ3) is 3.02. The van der Waals surface area contributed by atoms with Gasteiger partial charge in [-0.2, -0.15) is 0 Å². The molecule has 3 aliphatic rings. The van der Waals surface area contributed by atoms with Crippen LogP contribution in [-0.2, 0) is 11.2 Å². The maximum Gasteiger partial charge on any atom is 0.407 e. The average Bonchev–Trinajstić information content (AvgIpc) is 3.50. The van der Waals surface area contributed by atoms with E-state index in [1.165, 1.54) is 32.7 Å². The minimum Gasteiger partial charge on any atom is -0.465 e. The monoisotopic (exact) mass is 431 g/mol. The fourth-order valence-electron chi connectivity index (χ4n) is 5.99. The number of thiophene rings is 1. The molecule has 0 spiro atoms. The molecular weight excluding hydrogens is 406 g/mol. The van der Waals surface area contributed by atoms with Gasteiger partial charge in [0.2, 0.25) is 0 Å². The molecule has 158 valence electrons. The summed E-state index contributed by atoms with van der Waals surface area (Å²) in [5.41, 5.74) is 6.56. The van der Waals surface area contributed by atoms with Crippen molar-refractivity contribution in [2.24, 2.45) is 0 Å². The number of nitrogens with zero attached hydrogens (tertiary/aromatic N) is 1. The van der Waals surface area contributed by atoms with Gasteiger partial charge < -0.3 is 9.84 Å². The molecule has 2 unspecified atom stereocenters. The predicted molar refractivity (Wildman–Crippen MR) is 122 cm³/mol. The number of ether oxygens (including phenoxy) is 1. The van der Waals surface area contributed by atoms with E-state index >= 15 is 0 Å². The predicted octanol–water partition coefficient (Wildman–Crippen LogP) is 6.08. The number of likely N-dealkylation sites (tertiary alicyclic amines) is 1. The number of carbonyl (C=O) groups is 1. The van der Waals surface area contributed by atoms with Crippen LogP contribution < -0.4 is 0 Å². The van der Waals surface area contributed by atoms with Crippen molar-refractivity contribution >= 4 is 17.4 Å². The molecule has 3 aromatic rings. The Balaban J connectivity index is 1.32. The van der Waals surface area contributed by atoms with E-state index in [1.807, 2.05) is 0 Å². The van der Waals surface area contributed by atoms with Gasteiger partial charge in [0.1, 0.15) is 6.10 Å². The molecule has 1 amide bonds. The summed E-state index contributed by atoms with van der Waals surface area (Å²) in [4.78, 5) is 15.4. The summed E-state index contributed by atoms with van der Waals surface area (Å²) >= 11 is 1.71. The SMILES string of the molecule is O=C(O)N1C(CC2c3ccccc3-c3ccccc32)CCC1[C@H]1OCCc2ccsc21. The van der Waals surface area contributed by atoms with Crippen LogP contribution in [0.2, 0.25) is 0 Å². The van der Waals surface area contributed by atoms with Gasteiger partial charge in [-0.1, -0.05) is 48.5 Å². The van der Waals surface area contributed by atoms with E-state index in [0.29, 0.717) is 6.61 Å². The number of fused-ring (bicyclic) bond motifs is 4. The van der Waals surface area contributed by atoms with Crippen molar-refractivity contribution in [2.75, 3.05) is 6.61 Å². The van der Waals surface area contributed by atoms with Crippen LogP contribution in [0.15, 0.2) is 60.0 Å². The van der Waals surface area contributed by atoms with E-state index < -0.39 is 6.09 Å². The Morgan fingerprint density at radius 3 is 2.45 bits per heavy atom. The van der Waals surface area contributed by atoms with E-state index in [0.717, 1.165) is 25.7 Å². The van der Waals surface area contributed by atoms with Gasteiger partial charge in [0.25, 0.3) is 0 Å². The molecule has 0 bridgehead atoms. The summed E-state index contributed by atoms with van der Waals surface area (Å²) in [6.45, 7) is 0.673. The van der Waals surface area contributed by atoms with Gasteiger partial charge in [0.05, 0.1) is 12.6 Å². The van der Waals surface area contributed by atoms with Crippen molar-refractivity contribution in [3.05, 3.63) is 81.5 Å². The van der Waals surface area contributed by atoms with E-state index in [2.05, 4.69) is 60.0 Å². The van der Waals surface area contributed by atoms with Crippen molar-refractivity contribution < 1.29 is 14.6 Å². The first-order valence-electron chi connectivity index (χ1n) is 11.1. The summed E-state index contributed by atoms with van der Waals surface area (Å²) in [6, 6.07) is 19.2. The summed E-state index contributed by atoms with van der Waals surface area (Å²) < 4.78 is 6.16. The van der Waals surface area contributed by atoms with Crippen molar-refractivity contribution in [3.63, 3.8) is 0 Å². The minimum absolute atomic E-state index is 0.000603. The molecule has 6 rings (SSSR count). The average molecular weight is 432 g/mol. The highest BCUT2D eigenvalue weighted by Crippen LogP contribution is 2.49. The zero-order valence-electron chi connectivity index (χ0n) is 17.2. The van der Waals surface area contributed by atoms with E-state index in [-0.39, 0.29) is 24.1 Å². The lowest BCUT2D eigenvalue weighted by Crippen LogP contribution is -2.44. The van der Waals surface area contributed by atoms with Gasteiger partial charge in [-0.3, -0.25) is 4.90 Å². The maximum atomic E-state index is 12.5. The van der Waals surface area contributed by atoms with Gasteiger partial charge in [0.15, 0.2) is 0 Å². The number of amides is 1. The van der Waals surface area contributed by atoms with Crippen molar-refractivity contribution in [2.45, 2.75) is 49.8 Å². The lowest BCUT2D eigenvalue weighted by molar-refractivity contribution is -0.0124. The molecule has 0 saturated carbocycles. The third-order valence-corrected chi connectivity index (χ3v) is 8.32. The van der Waals surface area contributed by atoms with Crippen molar-refractivity contribution in [3.8, 4) is 11.1 Å². The summed E-state index contributed by atoms with van der Waals surface area (Å²) in [7, 11) is 0. The van der Waals surface area contributed by atoms with Crippen LogP contribution in [0.4, 0.5) is 4.79 Å². The standard InChI is InChI=1S/C26H25NO3S/c28-26(29)27-17(9-10-23(27)24-25-16(11-13-30-24)12-14-31-25)15-22-20-7-3-1-5-18(20)19-6-2-4-8-21(19)22/h1-8,12,14,17,22-24H,9-11,13,15H2,(H,28,29)/t17?,23?,24-/m1/s1. The molecule has 1 aliphatic carbocycles. The molecule has 31 heavy (non-hydrogen) atoms. The van der Waals surface area contributed by atoms with Gasteiger partial charge in [-0.05, 0) is 64.9 Å². The molecule has 2 aromatic carbocycles. The largest absolute Gasteiger partial charge is 0.465 e. The summed E-state index contributed by atoms with van der Waals surface area (Å²) in [5.74, 6) is 0.238. The first kappa shape index (κ1) is 19.1. The highest BCUT2D eigenvalue weighted by molar-refractivity contribution is 7.10. The number of carboxylic acid groups (broad SMARTS) is 1. The van der Waals surface area contributed by atoms with Gasteiger partial charge in [-0.25, -0.2) is 4.79 Å². The second-order valence-electron chi connectivity index (χ2n) is 8.80. The van der Waals surface area contributed by atoms with E-state index in [9.17, 15) is 9.90 Å². The van der Waals surface area contributed by atoms with E-state index in [4.69, 9.17) is 4.74 Å². The van der Waals surface area contributed by atoms with Gasteiger partial charge >= 0.3 is 6.09 Å². The fourth-order valence-corrected chi connectivity index (χ4v) is 7.05. The Hall–Kier alpha value is -2.63. The van der Waals surface area contributed by atoms with Crippen LogP contribution >= 0.6 is 11.3 Å². The Bertz CT molecular complexity index is 1090. The summed E-state index contributed by atoms with van der Waals surface area (Å²) in [5, 5.41) is 12.3. The van der Waals surface area contributed by atoms with Gasteiger partial charge in [-0.15, -0.1) is 11.3 Å². The van der Waals surface area contributed by atoms with Gasteiger partial charge in [0, 0.05) is 16.8 Å². The zero-order chi connectivity index (χ0) is 20.9. The molecule has 3 heterocycles. The minimum atomic E-state index is -0.820. The van der Waals surface area contributed by atoms with Crippen molar-refractivity contribution in [1.29, 1.82) is 0 Å². The lowest BCUT2D eigenvalue weighted by atomic mass is 9.89. The van der Waals surface area contributed by atoms with Crippen LogP contribution in [0.25, 0.3) is 11.1 Å². The zero-order valence-corrected chi connectivity index (χ0v) is 18.1. The highest BCUT2D eigenvalue weighted by Gasteiger charge is 2.45. The molecule has 2 aliphatic heterocycles. The van der Waals surface area contributed by atoms with Crippen LogP contribution in [0.5, 0.6) is 0 Å². The first-order chi connectivity index (χ1) is 15.2. The number of hydrogen-bond donors (Lipinski definition) is 1. The normalized spacial score (nSPS) is 24.6. The summed E-state index contributed by atoms with van der Waals surface area (Å²) in [6.07, 6.45) is 2.54. The van der Waals surface area contributed by atoms with Crippen LogP contribution in [0, 0.1) is 0 Å². The first-order valence-corrected chi connectivity index (χ1v) is 12.0. The van der Waals surface area contributed by atoms with Crippen molar-refractivity contribution in [1.82, 2.24) is 4.90 Å². The number of rotatable bonds is 3. The number of benzene rings is 2. The van der Waals surface area contributed by atoms with E-state index in [1.54, 1.807) is 16.2 Å². The molecular formula is C26H25NO3S. The quantitative estimate of drug-likeness (QED) is 0.547. The maximum absolute atomic E-state index is 12.5. The van der Waals surface area contributed by atoms with Crippen LogP contribution in [-0.4, -0.2) is 34.8 Å². The second-order valence-corrected chi connectivity index (χ2v) is 9.75. The topological polar surface area (TPSA) is 49.8 Å². The molecule has 0 radical (unpaired) electrons. The molecule has 5 heteroatoms. The molecule has 1 saturated heterocycles. The Labute approximate surface area is 186 Å².